The number of aliphatic carboxylic acids is 1. The molecule has 1 aliphatic rings. The highest BCUT2D eigenvalue weighted by atomic mass is 32.2. The van der Waals surface area contributed by atoms with E-state index in [2.05, 4.69) is 9.97 Å². The molecule has 0 spiro atoms. The normalized spacial score (nSPS) is 16.6. The molecule has 25 heavy (non-hydrogen) atoms. The number of nitrogens with zero attached hydrogens (tertiary/aromatic N) is 3. The maximum atomic E-state index is 11.1. The first-order valence-corrected chi connectivity index (χ1v) is 8.77. The van der Waals surface area contributed by atoms with Crippen LogP contribution in [0, 0.1) is 6.92 Å². The number of nitrogens with two attached hydrogens (primary N) is 1. The fourth-order valence-electron chi connectivity index (χ4n) is 2.69. The van der Waals surface area contributed by atoms with Gasteiger partial charge in [-0.05, 0) is 19.1 Å². The third-order valence-electron chi connectivity index (χ3n) is 4.26. The van der Waals surface area contributed by atoms with Gasteiger partial charge >= 0.3 is 5.97 Å². The molecule has 1 saturated heterocycles. The van der Waals surface area contributed by atoms with Crippen molar-refractivity contribution in [1.29, 1.82) is 0 Å². The standard InChI is InChI=1S/C17H20N4O3S/c1-11-2-4-12(5-3-11)25-14-10-13(19-16(18)20-14)21-8-6-17(24,7-9-21)15(22)23/h2-5,10,24H,6-9H2,1H3,(H,22,23)(H2,18,19,20). The van der Waals surface area contributed by atoms with E-state index in [9.17, 15) is 9.90 Å². The van der Waals surface area contributed by atoms with Gasteiger partial charge in [-0.2, -0.15) is 4.98 Å². The van der Waals surface area contributed by atoms with Crippen LogP contribution in [0.25, 0.3) is 0 Å². The highest BCUT2D eigenvalue weighted by Gasteiger charge is 2.39. The number of hydrogen-bond donors (Lipinski definition) is 3. The van der Waals surface area contributed by atoms with Crippen molar-refractivity contribution < 1.29 is 15.0 Å². The zero-order chi connectivity index (χ0) is 18.0. The van der Waals surface area contributed by atoms with Gasteiger partial charge in [0.15, 0.2) is 5.60 Å². The lowest BCUT2D eigenvalue weighted by Crippen LogP contribution is -2.49. The molecule has 2 aromatic rings. The zero-order valence-electron chi connectivity index (χ0n) is 13.8. The molecular weight excluding hydrogens is 340 g/mol. The van der Waals surface area contributed by atoms with Gasteiger partial charge in [-0.1, -0.05) is 29.5 Å². The second kappa shape index (κ2) is 6.89. The molecule has 0 bridgehead atoms. The van der Waals surface area contributed by atoms with Crippen LogP contribution < -0.4 is 10.6 Å². The molecule has 1 aromatic carbocycles. The Kier molecular flexibility index (Phi) is 4.82. The number of carbonyl (C=O) groups is 1. The summed E-state index contributed by atoms with van der Waals surface area (Å²) >= 11 is 1.49. The van der Waals surface area contributed by atoms with Gasteiger partial charge in [0.25, 0.3) is 0 Å². The van der Waals surface area contributed by atoms with Crippen LogP contribution in [-0.2, 0) is 4.79 Å². The van der Waals surface area contributed by atoms with Crippen LogP contribution in [0.5, 0.6) is 0 Å². The van der Waals surface area contributed by atoms with Crippen molar-refractivity contribution in [2.24, 2.45) is 0 Å². The van der Waals surface area contributed by atoms with Crippen molar-refractivity contribution in [3.8, 4) is 0 Å². The summed E-state index contributed by atoms with van der Waals surface area (Å²) in [4.78, 5) is 22.6. The minimum absolute atomic E-state index is 0.146. The number of hydrogen-bond acceptors (Lipinski definition) is 7. The highest BCUT2D eigenvalue weighted by molar-refractivity contribution is 7.99. The molecule has 0 unspecified atom stereocenters. The Morgan fingerprint density at radius 3 is 2.48 bits per heavy atom. The lowest BCUT2D eigenvalue weighted by atomic mass is 9.92. The van der Waals surface area contributed by atoms with Crippen LogP contribution in [0.1, 0.15) is 18.4 Å². The molecule has 132 valence electrons. The fraction of sp³-hybridized carbons (Fsp3) is 0.353. The van der Waals surface area contributed by atoms with Crippen LogP contribution in [0.4, 0.5) is 11.8 Å². The summed E-state index contributed by atoms with van der Waals surface area (Å²) in [6.07, 6.45) is 0.291. The third kappa shape index (κ3) is 4.02. The third-order valence-corrected chi connectivity index (χ3v) is 5.19. The molecule has 1 fully saturated rings. The molecule has 1 aromatic heterocycles. The minimum atomic E-state index is -1.66. The number of aryl methyl sites for hydroxylation is 1. The fourth-order valence-corrected chi connectivity index (χ4v) is 3.51. The van der Waals surface area contributed by atoms with E-state index < -0.39 is 11.6 Å². The van der Waals surface area contributed by atoms with Gasteiger partial charge in [-0.3, -0.25) is 0 Å². The van der Waals surface area contributed by atoms with Crippen molar-refractivity contribution in [2.45, 2.75) is 35.3 Å². The summed E-state index contributed by atoms with van der Waals surface area (Å²) in [5.41, 5.74) is 5.37. The summed E-state index contributed by atoms with van der Waals surface area (Å²) in [7, 11) is 0. The molecule has 1 aliphatic heterocycles. The van der Waals surface area contributed by atoms with E-state index >= 15 is 0 Å². The number of carboxylic acid groups (broad SMARTS) is 1. The number of piperidine rings is 1. The average Bonchev–Trinajstić information content (AvgIpc) is 2.57. The van der Waals surface area contributed by atoms with Crippen molar-refractivity contribution in [2.75, 3.05) is 23.7 Å². The van der Waals surface area contributed by atoms with Gasteiger partial charge in [0.2, 0.25) is 5.95 Å². The van der Waals surface area contributed by atoms with E-state index in [1.807, 2.05) is 42.2 Å². The predicted molar refractivity (Wildman–Crippen MR) is 95.8 cm³/mol. The first-order valence-electron chi connectivity index (χ1n) is 7.95. The number of aromatic nitrogens is 2. The quantitative estimate of drug-likeness (QED) is 0.709. The Morgan fingerprint density at radius 2 is 1.88 bits per heavy atom. The van der Waals surface area contributed by atoms with Crippen LogP contribution in [-0.4, -0.2) is 44.8 Å². The highest BCUT2D eigenvalue weighted by Crippen LogP contribution is 2.31. The SMILES string of the molecule is Cc1ccc(Sc2cc(N3CCC(O)(C(=O)O)CC3)nc(N)n2)cc1. The van der Waals surface area contributed by atoms with E-state index in [4.69, 9.17) is 10.8 Å². The van der Waals surface area contributed by atoms with Crippen LogP contribution in [0.2, 0.25) is 0 Å². The molecule has 3 rings (SSSR count). The van der Waals surface area contributed by atoms with E-state index in [1.54, 1.807) is 0 Å². The molecule has 7 nitrogen and oxygen atoms in total. The first kappa shape index (κ1) is 17.5. The van der Waals surface area contributed by atoms with Crippen molar-refractivity contribution in [3.05, 3.63) is 35.9 Å². The summed E-state index contributed by atoms with van der Waals surface area (Å²) in [5.74, 6) is -0.356. The second-order valence-electron chi connectivity index (χ2n) is 6.16. The van der Waals surface area contributed by atoms with Gasteiger partial charge in [0.05, 0.1) is 0 Å². The van der Waals surface area contributed by atoms with Gasteiger partial charge < -0.3 is 20.8 Å². The number of carboxylic acids is 1. The number of aliphatic hydroxyl groups is 1. The monoisotopic (exact) mass is 360 g/mol. The van der Waals surface area contributed by atoms with Gasteiger partial charge in [0, 0.05) is 36.9 Å². The van der Waals surface area contributed by atoms with Crippen LogP contribution in [0.15, 0.2) is 40.3 Å². The van der Waals surface area contributed by atoms with Crippen LogP contribution >= 0.6 is 11.8 Å². The lowest BCUT2D eigenvalue weighted by molar-refractivity contribution is -0.160. The largest absolute Gasteiger partial charge is 0.479 e. The molecule has 0 atom stereocenters. The number of rotatable bonds is 4. The maximum Gasteiger partial charge on any atom is 0.335 e. The van der Waals surface area contributed by atoms with Gasteiger partial charge in [0.1, 0.15) is 10.8 Å². The number of anilines is 2. The first-order chi connectivity index (χ1) is 11.9. The molecule has 4 N–H and O–H groups in total. The number of benzene rings is 1. The predicted octanol–water partition coefficient (Wildman–Crippen LogP) is 1.93. The van der Waals surface area contributed by atoms with E-state index in [0.29, 0.717) is 18.9 Å². The smallest absolute Gasteiger partial charge is 0.335 e. The second-order valence-corrected chi connectivity index (χ2v) is 7.26. The van der Waals surface area contributed by atoms with E-state index in [-0.39, 0.29) is 18.8 Å². The summed E-state index contributed by atoms with van der Waals surface area (Å²) in [5, 5.41) is 19.9. The van der Waals surface area contributed by atoms with E-state index in [1.165, 1.54) is 17.3 Å². The zero-order valence-corrected chi connectivity index (χ0v) is 14.7. The van der Waals surface area contributed by atoms with E-state index in [0.717, 1.165) is 9.92 Å². The molecule has 0 aliphatic carbocycles. The maximum absolute atomic E-state index is 11.1. The number of nitrogen functional groups attached to an aromatic ring is 1. The summed E-state index contributed by atoms with van der Waals surface area (Å²) in [6.45, 7) is 2.83. The van der Waals surface area contributed by atoms with Crippen molar-refractivity contribution >= 4 is 29.5 Å². The van der Waals surface area contributed by atoms with Gasteiger partial charge in [-0.25, -0.2) is 9.78 Å². The molecular formula is C17H20N4O3S. The Morgan fingerprint density at radius 1 is 1.24 bits per heavy atom. The van der Waals surface area contributed by atoms with Crippen molar-refractivity contribution in [1.82, 2.24) is 9.97 Å². The Hall–Kier alpha value is -2.32. The molecule has 2 heterocycles. The molecule has 8 heteroatoms. The average molecular weight is 360 g/mol. The molecule has 0 amide bonds. The van der Waals surface area contributed by atoms with Crippen LogP contribution in [0.3, 0.4) is 0 Å². The van der Waals surface area contributed by atoms with Crippen molar-refractivity contribution in [3.63, 3.8) is 0 Å². The Balaban J connectivity index is 1.76. The topological polar surface area (TPSA) is 113 Å². The minimum Gasteiger partial charge on any atom is -0.479 e. The molecule has 0 saturated carbocycles. The lowest BCUT2D eigenvalue weighted by Gasteiger charge is -2.36. The summed E-state index contributed by atoms with van der Waals surface area (Å²) < 4.78 is 0. The Bertz CT molecular complexity index is 774. The van der Waals surface area contributed by atoms with Gasteiger partial charge in [-0.15, -0.1) is 0 Å². The summed E-state index contributed by atoms with van der Waals surface area (Å²) in [6, 6.07) is 9.94. The molecule has 0 radical (unpaired) electrons. The Labute approximate surface area is 149 Å².